The van der Waals surface area contributed by atoms with Gasteiger partial charge in [-0.3, -0.25) is 4.79 Å². The fourth-order valence-electron chi connectivity index (χ4n) is 1.47. The second kappa shape index (κ2) is 4.02. The van der Waals surface area contributed by atoms with Crippen LogP contribution in [0.2, 0.25) is 0 Å². The lowest BCUT2D eigenvalue weighted by Crippen LogP contribution is -2.25. The number of likely N-dealkylation sites (N-methyl/N-ethyl adjacent to an activating group) is 1. The van der Waals surface area contributed by atoms with E-state index in [9.17, 15) is 4.79 Å². The van der Waals surface area contributed by atoms with Gasteiger partial charge in [0.1, 0.15) is 11.6 Å². The Morgan fingerprint density at radius 3 is 3.00 bits per heavy atom. The van der Waals surface area contributed by atoms with E-state index in [1.165, 1.54) is 6.07 Å². The molecule has 1 aromatic rings. The Morgan fingerprint density at radius 2 is 2.40 bits per heavy atom. The summed E-state index contributed by atoms with van der Waals surface area (Å²) in [6.07, 6.45) is 2.21. The highest BCUT2D eigenvalue weighted by Gasteiger charge is 2.26. The Kier molecular flexibility index (Phi) is 2.73. The molecule has 1 aliphatic rings. The van der Waals surface area contributed by atoms with Crippen LogP contribution in [0.3, 0.4) is 0 Å². The zero-order valence-electron chi connectivity index (χ0n) is 8.73. The quantitative estimate of drug-likeness (QED) is 0.736. The molecule has 2 rings (SSSR count). The second-order valence-electron chi connectivity index (χ2n) is 3.91. The average molecular weight is 209 g/mol. The van der Waals surface area contributed by atoms with Crippen molar-refractivity contribution in [2.75, 3.05) is 25.1 Å². The van der Waals surface area contributed by atoms with Crippen LogP contribution in [0.15, 0.2) is 10.9 Å². The van der Waals surface area contributed by atoms with Crippen LogP contribution in [-0.2, 0) is 0 Å². The number of nitrogens with zero attached hydrogens (tertiary/aromatic N) is 2. The Bertz CT molecular complexity index is 398. The molecular formula is C10H15N3O2. The van der Waals surface area contributed by atoms with E-state index in [-0.39, 0.29) is 12.2 Å². The van der Waals surface area contributed by atoms with Crippen LogP contribution in [0.5, 0.6) is 0 Å². The summed E-state index contributed by atoms with van der Waals surface area (Å²) >= 11 is 0. The molecule has 0 atom stereocenters. The number of aliphatic hydroxyl groups excluding tert-OH is 1. The maximum Gasteiger partial charge on any atom is 0.252 e. The minimum Gasteiger partial charge on any atom is -0.395 e. The molecule has 1 fully saturated rings. The SMILES string of the molecule is CN(CCO)c1cc(=O)[nH]c(C2CC2)n1. The molecular weight excluding hydrogens is 194 g/mol. The molecule has 5 nitrogen and oxygen atoms in total. The molecule has 1 saturated carbocycles. The minimum absolute atomic E-state index is 0.0593. The topological polar surface area (TPSA) is 69.2 Å². The third-order valence-corrected chi connectivity index (χ3v) is 2.54. The summed E-state index contributed by atoms with van der Waals surface area (Å²) in [6.45, 7) is 0.546. The highest BCUT2D eigenvalue weighted by Crippen LogP contribution is 2.37. The minimum atomic E-state index is -0.119. The standard InChI is InChI=1S/C10H15N3O2/c1-13(4-5-14)8-6-9(15)12-10(11-8)7-2-3-7/h6-7,14H,2-5H2,1H3,(H,11,12,15). The van der Waals surface area contributed by atoms with Gasteiger partial charge in [0, 0.05) is 25.6 Å². The first-order valence-corrected chi connectivity index (χ1v) is 5.14. The van der Waals surface area contributed by atoms with Gasteiger partial charge >= 0.3 is 0 Å². The van der Waals surface area contributed by atoms with Crippen LogP contribution in [0.25, 0.3) is 0 Å². The lowest BCUT2D eigenvalue weighted by Gasteiger charge is -2.16. The van der Waals surface area contributed by atoms with Crippen LogP contribution < -0.4 is 10.5 Å². The number of nitrogens with one attached hydrogen (secondary N) is 1. The molecule has 0 radical (unpaired) electrons. The van der Waals surface area contributed by atoms with Gasteiger partial charge in [0.2, 0.25) is 0 Å². The predicted molar refractivity (Wildman–Crippen MR) is 57.2 cm³/mol. The molecule has 0 amide bonds. The van der Waals surface area contributed by atoms with E-state index in [1.807, 2.05) is 7.05 Å². The number of H-pyrrole nitrogens is 1. The molecule has 0 unspecified atom stereocenters. The first-order valence-electron chi connectivity index (χ1n) is 5.14. The lowest BCUT2D eigenvalue weighted by atomic mass is 10.4. The molecule has 2 N–H and O–H groups in total. The summed E-state index contributed by atoms with van der Waals surface area (Å²) in [5.41, 5.74) is -0.119. The molecule has 0 bridgehead atoms. The largest absolute Gasteiger partial charge is 0.395 e. The predicted octanol–water partition coefficient (Wildman–Crippen LogP) is 0.0758. The smallest absolute Gasteiger partial charge is 0.252 e. The van der Waals surface area contributed by atoms with Crippen molar-refractivity contribution in [2.24, 2.45) is 0 Å². The first kappa shape index (κ1) is 10.2. The summed E-state index contributed by atoms with van der Waals surface area (Å²) in [5.74, 6) is 1.84. The van der Waals surface area contributed by atoms with Crippen molar-refractivity contribution >= 4 is 5.82 Å². The highest BCUT2D eigenvalue weighted by molar-refractivity contribution is 5.36. The fourth-order valence-corrected chi connectivity index (χ4v) is 1.47. The molecule has 1 heterocycles. The van der Waals surface area contributed by atoms with Crippen molar-refractivity contribution in [1.29, 1.82) is 0 Å². The van der Waals surface area contributed by atoms with E-state index in [2.05, 4.69) is 9.97 Å². The Hall–Kier alpha value is -1.36. The monoisotopic (exact) mass is 209 g/mol. The molecule has 0 spiro atoms. The fraction of sp³-hybridized carbons (Fsp3) is 0.600. The second-order valence-corrected chi connectivity index (χ2v) is 3.91. The van der Waals surface area contributed by atoms with Gasteiger partial charge in [-0.1, -0.05) is 0 Å². The van der Waals surface area contributed by atoms with Gasteiger partial charge in [0.05, 0.1) is 6.61 Å². The third kappa shape index (κ3) is 2.36. The molecule has 0 saturated heterocycles. The third-order valence-electron chi connectivity index (χ3n) is 2.54. The summed E-state index contributed by atoms with van der Waals surface area (Å²) in [4.78, 5) is 20.3. The van der Waals surface area contributed by atoms with E-state index in [0.29, 0.717) is 18.3 Å². The zero-order chi connectivity index (χ0) is 10.8. The van der Waals surface area contributed by atoms with Gasteiger partial charge in [-0.15, -0.1) is 0 Å². The van der Waals surface area contributed by atoms with Crippen LogP contribution >= 0.6 is 0 Å². The van der Waals surface area contributed by atoms with Crippen LogP contribution in [0.1, 0.15) is 24.6 Å². The number of rotatable bonds is 4. The van der Waals surface area contributed by atoms with Crippen molar-refractivity contribution in [3.05, 3.63) is 22.2 Å². The summed E-state index contributed by atoms with van der Waals surface area (Å²) < 4.78 is 0. The molecule has 0 aliphatic heterocycles. The van der Waals surface area contributed by atoms with Gasteiger partial charge in [0.25, 0.3) is 5.56 Å². The van der Waals surface area contributed by atoms with E-state index >= 15 is 0 Å². The number of anilines is 1. The lowest BCUT2D eigenvalue weighted by molar-refractivity contribution is 0.304. The zero-order valence-corrected chi connectivity index (χ0v) is 8.73. The number of hydrogen-bond acceptors (Lipinski definition) is 4. The number of aromatic amines is 1. The van der Waals surface area contributed by atoms with Gasteiger partial charge in [-0.2, -0.15) is 0 Å². The molecule has 5 heteroatoms. The van der Waals surface area contributed by atoms with Gasteiger partial charge in [-0.25, -0.2) is 4.98 Å². The molecule has 82 valence electrons. The highest BCUT2D eigenvalue weighted by atomic mass is 16.3. The van der Waals surface area contributed by atoms with E-state index < -0.39 is 0 Å². The van der Waals surface area contributed by atoms with Gasteiger partial charge in [-0.05, 0) is 12.8 Å². The van der Waals surface area contributed by atoms with Crippen LogP contribution in [-0.4, -0.2) is 35.3 Å². The number of aromatic nitrogens is 2. The normalized spacial score (nSPS) is 15.3. The summed E-state index contributed by atoms with van der Waals surface area (Å²) in [7, 11) is 1.81. The van der Waals surface area contributed by atoms with Gasteiger partial charge in [0.15, 0.2) is 0 Å². The Labute approximate surface area is 87.8 Å². The van der Waals surface area contributed by atoms with Crippen molar-refractivity contribution in [3.8, 4) is 0 Å². The van der Waals surface area contributed by atoms with Gasteiger partial charge < -0.3 is 15.0 Å². The van der Waals surface area contributed by atoms with Crippen molar-refractivity contribution in [1.82, 2.24) is 9.97 Å². The van der Waals surface area contributed by atoms with E-state index in [4.69, 9.17) is 5.11 Å². The Balaban J connectivity index is 2.26. The van der Waals surface area contributed by atoms with Crippen LogP contribution in [0.4, 0.5) is 5.82 Å². The number of hydrogen-bond donors (Lipinski definition) is 2. The first-order chi connectivity index (χ1) is 7.20. The summed E-state index contributed by atoms with van der Waals surface area (Å²) in [6, 6.07) is 1.46. The van der Waals surface area contributed by atoms with Crippen molar-refractivity contribution in [3.63, 3.8) is 0 Å². The maximum absolute atomic E-state index is 11.4. The Morgan fingerprint density at radius 1 is 1.67 bits per heavy atom. The number of aliphatic hydroxyl groups is 1. The van der Waals surface area contributed by atoms with Crippen LogP contribution in [0, 0.1) is 0 Å². The average Bonchev–Trinajstić information content (AvgIpc) is 3.00. The van der Waals surface area contributed by atoms with Crippen molar-refractivity contribution < 1.29 is 5.11 Å². The molecule has 1 aromatic heterocycles. The van der Waals surface area contributed by atoms with E-state index in [0.717, 1.165) is 18.7 Å². The molecule has 1 aliphatic carbocycles. The van der Waals surface area contributed by atoms with Crippen molar-refractivity contribution in [2.45, 2.75) is 18.8 Å². The van der Waals surface area contributed by atoms with E-state index in [1.54, 1.807) is 4.90 Å². The maximum atomic E-state index is 11.4. The summed E-state index contributed by atoms with van der Waals surface area (Å²) in [5, 5.41) is 8.80. The molecule has 15 heavy (non-hydrogen) atoms. The molecule has 0 aromatic carbocycles.